The fourth-order valence-corrected chi connectivity index (χ4v) is 2.09. The zero-order valence-corrected chi connectivity index (χ0v) is 8.63. The molecule has 1 aromatic carbocycles. The number of benzene rings is 1. The number of hydrogen-bond acceptors (Lipinski definition) is 1. The van der Waals surface area contributed by atoms with Crippen LogP contribution in [0.15, 0.2) is 18.2 Å². The van der Waals surface area contributed by atoms with Crippen LogP contribution in [0, 0.1) is 17.6 Å². The lowest BCUT2D eigenvalue weighted by atomic mass is 9.86. The topological polar surface area (TPSA) is 20.2 Å². The summed E-state index contributed by atoms with van der Waals surface area (Å²) in [5.74, 6) is -0.939. The van der Waals surface area contributed by atoms with E-state index in [1.165, 1.54) is 0 Å². The van der Waals surface area contributed by atoms with Gasteiger partial charge in [0.1, 0.15) is 11.6 Å². The van der Waals surface area contributed by atoms with Gasteiger partial charge in [-0.3, -0.25) is 0 Å². The van der Waals surface area contributed by atoms with E-state index in [0.29, 0.717) is 6.42 Å². The molecule has 3 heteroatoms. The summed E-state index contributed by atoms with van der Waals surface area (Å²) in [6, 6.07) is 3.26. The van der Waals surface area contributed by atoms with Gasteiger partial charge in [-0.25, -0.2) is 8.78 Å². The Hall–Kier alpha value is -0.960. The molecular formula is C12H14F2O. The molecule has 1 saturated carbocycles. The van der Waals surface area contributed by atoms with Gasteiger partial charge >= 0.3 is 0 Å². The second-order valence-corrected chi connectivity index (χ2v) is 4.18. The first kappa shape index (κ1) is 10.6. The van der Waals surface area contributed by atoms with Crippen molar-refractivity contribution in [2.24, 2.45) is 5.92 Å². The maximum atomic E-state index is 13.5. The molecule has 0 spiro atoms. The van der Waals surface area contributed by atoms with E-state index < -0.39 is 17.2 Å². The smallest absolute Gasteiger partial charge is 0.129 e. The summed E-state index contributed by atoms with van der Waals surface area (Å²) < 4.78 is 26.5. The molecule has 1 aromatic rings. The van der Waals surface area contributed by atoms with Crippen LogP contribution < -0.4 is 0 Å². The van der Waals surface area contributed by atoms with Gasteiger partial charge in [0.05, 0.1) is 5.60 Å². The standard InChI is InChI=1S/C12H14F2O/c1-2-12(15,8-3-4-8)10-7-9(13)5-6-11(10)14/h5-8,15H,2-4H2,1H3. The fourth-order valence-electron chi connectivity index (χ4n) is 2.09. The van der Waals surface area contributed by atoms with Crippen LogP contribution in [0.5, 0.6) is 0 Å². The average molecular weight is 212 g/mol. The molecule has 1 aliphatic carbocycles. The molecule has 1 fully saturated rings. The molecule has 1 N–H and O–H groups in total. The Bertz CT molecular complexity index is 374. The van der Waals surface area contributed by atoms with E-state index in [1.54, 1.807) is 6.92 Å². The molecule has 0 amide bonds. The van der Waals surface area contributed by atoms with E-state index in [0.717, 1.165) is 31.0 Å². The first-order valence-electron chi connectivity index (χ1n) is 5.26. The van der Waals surface area contributed by atoms with E-state index in [9.17, 15) is 13.9 Å². The molecule has 1 atom stereocenters. The van der Waals surface area contributed by atoms with Crippen LogP contribution in [0.2, 0.25) is 0 Å². The summed E-state index contributed by atoms with van der Waals surface area (Å²) in [6.07, 6.45) is 2.19. The molecule has 1 unspecified atom stereocenters. The van der Waals surface area contributed by atoms with Crippen molar-refractivity contribution >= 4 is 0 Å². The van der Waals surface area contributed by atoms with Crippen molar-refractivity contribution in [3.8, 4) is 0 Å². The molecule has 82 valence electrons. The molecule has 0 aliphatic heterocycles. The summed E-state index contributed by atoms with van der Waals surface area (Å²) in [5, 5.41) is 10.3. The molecule has 1 aliphatic rings. The van der Waals surface area contributed by atoms with Gasteiger partial charge in [-0.2, -0.15) is 0 Å². The SMILES string of the molecule is CCC(O)(c1cc(F)ccc1F)C1CC1. The van der Waals surface area contributed by atoms with Crippen molar-refractivity contribution in [3.05, 3.63) is 35.4 Å². The van der Waals surface area contributed by atoms with E-state index in [1.807, 2.05) is 0 Å². The third-order valence-electron chi connectivity index (χ3n) is 3.19. The van der Waals surface area contributed by atoms with Crippen LogP contribution >= 0.6 is 0 Å². The number of rotatable bonds is 3. The third-order valence-corrected chi connectivity index (χ3v) is 3.19. The van der Waals surface area contributed by atoms with Gasteiger partial charge in [-0.1, -0.05) is 6.92 Å². The van der Waals surface area contributed by atoms with E-state index in [2.05, 4.69) is 0 Å². The molecule has 0 saturated heterocycles. The number of halogens is 2. The Labute approximate surface area is 87.7 Å². The molecule has 15 heavy (non-hydrogen) atoms. The quantitative estimate of drug-likeness (QED) is 0.816. The van der Waals surface area contributed by atoms with Gasteiger partial charge in [0.15, 0.2) is 0 Å². The van der Waals surface area contributed by atoms with Crippen molar-refractivity contribution < 1.29 is 13.9 Å². The highest BCUT2D eigenvalue weighted by Crippen LogP contribution is 2.48. The molecule has 2 rings (SSSR count). The predicted molar refractivity (Wildman–Crippen MR) is 53.3 cm³/mol. The highest BCUT2D eigenvalue weighted by Gasteiger charge is 2.45. The largest absolute Gasteiger partial charge is 0.385 e. The van der Waals surface area contributed by atoms with E-state index in [4.69, 9.17) is 0 Å². The highest BCUT2D eigenvalue weighted by atomic mass is 19.1. The number of aliphatic hydroxyl groups is 1. The van der Waals surface area contributed by atoms with Crippen molar-refractivity contribution in [2.75, 3.05) is 0 Å². The van der Waals surface area contributed by atoms with Gasteiger partial charge in [-0.15, -0.1) is 0 Å². The average Bonchev–Trinajstić information content (AvgIpc) is 3.04. The minimum atomic E-state index is -1.19. The van der Waals surface area contributed by atoms with Gasteiger partial charge in [0.25, 0.3) is 0 Å². The Morgan fingerprint density at radius 1 is 1.40 bits per heavy atom. The van der Waals surface area contributed by atoms with Gasteiger partial charge in [0, 0.05) is 5.56 Å². The molecule has 0 bridgehead atoms. The maximum absolute atomic E-state index is 13.5. The van der Waals surface area contributed by atoms with Crippen LogP contribution in [-0.4, -0.2) is 5.11 Å². The van der Waals surface area contributed by atoms with Crippen molar-refractivity contribution in [1.82, 2.24) is 0 Å². The molecule has 0 aromatic heterocycles. The second-order valence-electron chi connectivity index (χ2n) is 4.18. The Balaban J connectivity index is 2.45. The third kappa shape index (κ3) is 1.76. The summed E-state index contributed by atoms with van der Waals surface area (Å²) in [7, 11) is 0. The van der Waals surface area contributed by atoms with Gasteiger partial charge in [-0.05, 0) is 43.4 Å². The van der Waals surface area contributed by atoms with Crippen LogP contribution in [0.1, 0.15) is 31.7 Å². The van der Waals surface area contributed by atoms with Crippen LogP contribution in [-0.2, 0) is 5.60 Å². The summed E-state index contributed by atoms with van der Waals surface area (Å²) in [5.41, 5.74) is -1.08. The predicted octanol–water partition coefficient (Wildman–Crippen LogP) is 2.97. The lowest BCUT2D eigenvalue weighted by molar-refractivity contribution is 0.00525. The summed E-state index contributed by atoms with van der Waals surface area (Å²) in [4.78, 5) is 0. The van der Waals surface area contributed by atoms with Gasteiger partial charge in [0.2, 0.25) is 0 Å². The van der Waals surface area contributed by atoms with Crippen molar-refractivity contribution in [2.45, 2.75) is 31.8 Å². The molecular weight excluding hydrogens is 198 g/mol. The summed E-state index contributed by atoms with van der Waals surface area (Å²) in [6.45, 7) is 1.79. The van der Waals surface area contributed by atoms with Crippen molar-refractivity contribution in [3.63, 3.8) is 0 Å². The van der Waals surface area contributed by atoms with Crippen molar-refractivity contribution in [1.29, 1.82) is 0 Å². The highest BCUT2D eigenvalue weighted by molar-refractivity contribution is 5.27. The minimum absolute atomic E-state index is 0.0822. The van der Waals surface area contributed by atoms with Crippen LogP contribution in [0.25, 0.3) is 0 Å². The first-order chi connectivity index (χ1) is 7.08. The Morgan fingerprint density at radius 3 is 2.60 bits per heavy atom. The normalized spacial score (nSPS) is 20.0. The Morgan fingerprint density at radius 2 is 2.07 bits per heavy atom. The maximum Gasteiger partial charge on any atom is 0.129 e. The minimum Gasteiger partial charge on any atom is -0.385 e. The second kappa shape index (κ2) is 3.56. The summed E-state index contributed by atoms with van der Waals surface area (Å²) >= 11 is 0. The van der Waals surface area contributed by atoms with Crippen LogP contribution in [0.4, 0.5) is 8.78 Å². The Kier molecular flexibility index (Phi) is 2.51. The zero-order chi connectivity index (χ0) is 11.1. The lowest BCUT2D eigenvalue weighted by Crippen LogP contribution is -2.28. The van der Waals surface area contributed by atoms with E-state index >= 15 is 0 Å². The van der Waals surface area contributed by atoms with Crippen LogP contribution in [0.3, 0.4) is 0 Å². The van der Waals surface area contributed by atoms with Gasteiger partial charge < -0.3 is 5.11 Å². The number of hydrogen-bond donors (Lipinski definition) is 1. The molecule has 0 radical (unpaired) electrons. The zero-order valence-electron chi connectivity index (χ0n) is 8.63. The lowest BCUT2D eigenvalue weighted by Gasteiger charge is -2.27. The molecule has 1 nitrogen and oxygen atoms in total. The monoisotopic (exact) mass is 212 g/mol. The van der Waals surface area contributed by atoms with E-state index in [-0.39, 0.29) is 11.5 Å². The molecule has 0 heterocycles. The first-order valence-corrected chi connectivity index (χ1v) is 5.26. The fraction of sp³-hybridized carbons (Fsp3) is 0.500.